The summed E-state index contributed by atoms with van der Waals surface area (Å²) in [6.07, 6.45) is 4.38. The van der Waals surface area contributed by atoms with Gasteiger partial charge in [-0.2, -0.15) is 0 Å². The molecule has 1 aromatic rings. The van der Waals surface area contributed by atoms with Crippen molar-refractivity contribution in [2.75, 3.05) is 26.8 Å². The third-order valence-electron chi connectivity index (χ3n) is 3.61. The number of methoxy groups -OCH3 is 1. The van der Waals surface area contributed by atoms with E-state index in [9.17, 15) is 9.59 Å². The number of rotatable bonds is 4. The molecular formula is C16H21NO4. The predicted molar refractivity (Wildman–Crippen MR) is 78.3 cm³/mol. The second kappa shape index (κ2) is 7.67. The highest BCUT2D eigenvalue weighted by Crippen LogP contribution is 2.13. The van der Waals surface area contributed by atoms with Gasteiger partial charge in [0.2, 0.25) is 0 Å². The molecule has 0 radical (unpaired) electrons. The van der Waals surface area contributed by atoms with Gasteiger partial charge in [-0.25, -0.2) is 4.79 Å². The molecule has 0 N–H and O–H groups in total. The molecule has 1 aliphatic heterocycles. The summed E-state index contributed by atoms with van der Waals surface area (Å²) in [6, 6.07) is 6.62. The first-order chi connectivity index (χ1) is 10.2. The lowest BCUT2D eigenvalue weighted by atomic mass is 10.2. The number of esters is 1. The Bertz CT molecular complexity index is 476. The number of likely N-dealkylation sites (tertiary alicyclic amines) is 1. The quantitative estimate of drug-likeness (QED) is 0.798. The molecular weight excluding hydrogens is 270 g/mol. The van der Waals surface area contributed by atoms with E-state index in [2.05, 4.69) is 0 Å². The minimum atomic E-state index is -0.485. The molecule has 1 aromatic carbocycles. The average molecular weight is 291 g/mol. The van der Waals surface area contributed by atoms with Gasteiger partial charge >= 0.3 is 5.97 Å². The summed E-state index contributed by atoms with van der Waals surface area (Å²) in [7, 11) is 1.56. The molecule has 1 saturated heterocycles. The number of hydrogen-bond acceptors (Lipinski definition) is 4. The molecule has 0 bridgehead atoms. The van der Waals surface area contributed by atoms with Gasteiger partial charge in [0.15, 0.2) is 6.61 Å². The maximum atomic E-state index is 12.0. The van der Waals surface area contributed by atoms with Crippen molar-refractivity contribution in [2.24, 2.45) is 0 Å². The highest BCUT2D eigenvalue weighted by Gasteiger charge is 2.17. The van der Waals surface area contributed by atoms with E-state index in [-0.39, 0.29) is 12.5 Å². The van der Waals surface area contributed by atoms with Gasteiger partial charge in [-0.3, -0.25) is 4.79 Å². The van der Waals surface area contributed by atoms with Crippen LogP contribution in [0.15, 0.2) is 24.3 Å². The van der Waals surface area contributed by atoms with Gasteiger partial charge in [0.25, 0.3) is 5.91 Å². The summed E-state index contributed by atoms with van der Waals surface area (Å²) in [5.41, 5.74) is 0.416. The molecule has 5 heteroatoms. The first kappa shape index (κ1) is 15.4. The molecule has 0 atom stereocenters. The zero-order valence-corrected chi connectivity index (χ0v) is 12.3. The van der Waals surface area contributed by atoms with Gasteiger partial charge in [0, 0.05) is 13.1 Å². The van der Waals surface area contributed by atoms with Crippen molar-refractivity contribution in [1.29, 1.82) is 0 Å². The van der Waals surface area contributed by atoms with Crippen LogP contribution in [0.4, 0.5) is 0 Å². The van der Waals surface area contributed by atoms with Gasteiger partial charge in [0.05, 0.1) is 12.7 Å². The zero-order valence-electron chi connectivity index (χ0n) is 12.3. The van der Waals surface area contributed by atoms with Gasteiger partial charge in [-0.15, -0.1) is 0 Å². The van der Waals surface area contributed by atoms with E-state index >= 15 is 0 Å². The minimum absolute atomic E-state index is 0.112. The molecule has 1 aliphatic rings. The average Bonchev–Trinajstić information content (AvgIpc) is 2.81. The van der Waals surface area contributed by atoms with Crippen molar-refractivity contribution in [3.63, 3.8) is 0 Å². The summed E-state index contributed by atoms with van der Waals surface area (Å²) >= 11 is 0. The molecule has 5 nitrogen and oxygen atoms in total. The Labute approximate surface area is 124 Å². The number of ether oxygens (including phenoxy) is 2. The predicted octanol–water partition coefficient (Wildman–Crippen LogP) is 2.25. The number of amides is 1. The van der Waals surface area contributed by atoms with Crippen molar-refractivity contribution < 1.29 is 19.1 Å². The van der Waals surface area contributed by atoms with E-state index in [1.54, 1.807) is 36.3 Å². The third kappa shape index (κ3) is 4.48. The lowest BCUT2D eigenvalue weighted by molar-refractivity contribution is -0.134. The zero-order chi connectivity index (χ0) is 15.1. The van der Waals surface area contributed by atoms with Crippen molar-refractivity contribution in [2.45, 2.75) is 25.7 Å². The van der Waals surface area contributed by atoms with Crippen LogP contribution in [0.3, 0.4) is 0 Å². The van der Waals surface area contributed by atoms with Crippen LogP contribution in [0, 0.1) is 0 Å². The molecule has 0 unspecified atom stereocenters. The molecule has 0 spiro atoms. The fourth-order valence-electron chi connectivity index (χ4n) is 2.35. The summed E-state index contributed by atoms with van der Waals surface area (Å²) in [6.45, 7) is 1.34. The topological polar surface area (TPSA) is 55.8 Å². The van der Waals surface area contributed by atoms with E-state index < -0.39 is 5.97 Å². The van der Waals surface area contributed by atoms with Crippen LogP contribution in [0.2, 0.25) is 0 Å². The standard InChI is InChI=1S/C16H21NO4/c1-20-14-8-6-13(7-9-14)16(19)21-12-15(18)17-10-4-2-3-5-11-17/h6-9H,2-5,10-12H2,1H3. The van der Waals surface area contributed by atoms with Gasteiger partial charge < -0.3 is 14.4 Å². The molecule has 1 fully saturated rings. The lowest BCUT2D eigenvalue weighted by Crippen LogP contribution is -2.35. The summed E-state index contributed by atoms with van der Waals surface area (Å²) in [5, 5.41) is 0. The second-order valence-corrected chi connectivity index (χ2v) is 5.10. The van der Waals surface area contributed by atoms with E-state index in [4.69, 9.17) is 9.47 Å². The van der Waals surface area contributed by atoms with Crippen molar-refractivity contribution in [3.05, 3.63) is 29.8 Å². The fraction of sp³-hybridized carbons (Fsp3) is 0.500. The SMILES string of the molecule is COc1ccc(C(=O)OCC(=O)N2CCCCCC2)cc1. The highest BCUT2D eigenvalue weighted by atomic mass is 16.5. The molecule has 0 aromatic heterocycles. The Morgan fingerprint density at radius 2 is 1.67 bits per heavy atom. The molecule has 21 heavy (non-hydrogen) atoms. The van der Waals surface area contributed by atoms with Crippen molar-refractivity contribution in [3.8, 4) is 5.75 Å². The third-order valence-corrected chi connectivity index (χ3v) is 3.61. The van der Waals surface area contributed by atoms with Crippen LogP contribution in [0.5, 0.6) is 5.75 Å². The Morgan fingerprint density at radius 3 is 2.24 bits per heavy atom. The van der Waals surface area contributed by atoms with E-state index in [1.165, 1.54) is 0 Å². The largest absolute Gasteiger partial charge is 0.497 e. The minimum Gasteiger partial charge on any atom is -0.497 e. The first-order valence-electron chi connectivity index (χ1n) is 7.29. The van der Waals surface area contributed by atoms with Crippen LogP contribution in [-0.2, 0) is 9.53 Å². The molecule has 2 rings (SSSR count). The molecule has 1 amide bonds. The van der Waals surface area contributed by atoms with Crippen molar-refractivity contribution >= 4 is 11.9 Å². The number of benzene rings is 1. The Balaban J connectivity index is 1.83. The lowest BCUT2D eigenvalue weighted by Gasteiger charge is -2.19. The maximum Gasteiger partial charge on any atom is 0.338 e. The number of carbonyl (C=O) groups is 2. The van der Waals surface area contributed by atoms with Crippen LogP contribution < -0.4 is 4.74 Å². The Kier molecular flexibility index (Phi) is 5.60. The van der Waals surface area contributed by atoms with Crippen LogP contribution in [0.1, 0.15) is 36.0 Å². The normalized spacial score (nSPS) is 15.2. The molecule has 1 heterocycles. The monoisotopic (exact) mass is 291 g/mol. The second-order valence-electron chi connectivity index (χ2n) is 5.10. The molecule has 114 valence electrons. The fourth-order valence-corrected chi connectivity index (χ4v) is 2.35. The Morgan fingerprint density at radius 1 is 1.05 bits per heavy atom. The van der Waals surface area contributed by atoms with Crippen LogP contribution in [-0.4, -0.2) is 43.6 Å². The van der Waals surface area contributed by atoms with E-state index in [0.717, 1.165) is 38.8 Å². The molecule has 0 aliphatic carbocycles. The van der Waals surface area contributed by atoms with Gasteiger partial charge in [-0.05, 0) is 37.1 Å². The highest BCUT2D eigenvalue weighted by molar-refractivity contribution is 5.91. The number of hydrogen-bond donors (Lipinski definition) is 0. The summed E-state index contributed by atoms with van der Waals surface area (Å²) in [5.74, 6) is 0.0757. The number of carbonyl (C=O) groups excluding carboxylic acids is 2. The smallest absolute Gasteiger partial charge is 0.338 e. The summed E-state index contributed by atoms with van der Waals surface area (Å²) < 4.78 is 10.1. The molecule has 0 saturated carbocycles. The van der Waals surface area contributed by atoms with Crippen LogP contribution >= 0.6 is 0 Å². The maximum absolute atomic E-state index is 12.0. The van der Waals surface area contributed by atoms with Gasteiger partial charge in [0.1, 0.15) is 5.75 Å². The van der Waals surface area contributed by atoms with Crippen molar-refractivity contribution in [1.82, 2.24) is 4.90 Å². The van der Waals surface area contributed by atoms with Crippen LogP contribution in [0.25, 0.3) is 0 Å². The number of nitrogens with zero attached hydrogens (tertiary/aromatic N) is 1. The first-order valence-corrected chi connectivity index (χ1v) is 7.29. The summed E-state index contributed by atoms with van der Waals surface area (Å²) in [4.78, 5) is 25.7. The van der Waals surface area contributed by atoms with E-state index in [1.807, 2.05) is 0 Å². The Hall–Kier alpha value is -2.04. The van der Waals surface area contributed by atoms with Gasteiger partial charge in [-0.1, -0.05) is 12.8 Å². The van der Waals surface area contributed by atoms with E-state index in [0.29, 0.717) is 11.3 Å².